The smallest absolute Gasteiger partial charge is 0.255 e. The van der Waals surface area contributed by atoms with Crippen molar-refractivity contribution in [3.8, 4) is 11.4 Å². The average molecular weight is 457 g/mol. The first-order valence-corrected chi connectivity index (χ1v) is 11.6. The number of aromatic nitrogens is 2. The van der Waals surface area contributed by atoms with Crippen LogP contribution in [-0.2, 0) is 10.0 Å². The number of hydrogen-bond donors (Lipinski definition) is 2. The highest BCUT2D eigenvalue weighted by molar-refractivity contribution is 7.89. The molecule has 0 saturated carbocycles. The van der Waals surface area contributed by atoms with Crippen LogP contribution in [0.3, 0.4) is 0 Å². The number of ether oxygens (including phenoxy) is 1. The molecule has 1 heterocycles. The summed E-state index contributed by atoms with van der Waals surface area (Å²) in [6.45, 7) is 8.88. The minimum atomic E-state index is -3.91. The maximum atomic E-state index is 13.0. The number of aryl methyl sites for hydroxylation is 1. The number of carbonyl (C=O) groups excluding carboxylic acids is 1. The molecule has 0 bridgehead atoms. The molecule has 0 atom stereocenters. The molecular weight excluding hydrogens is 428 g/mol. The Kier molecular flexibility index (Phi) is 6.43. The molecular formula is C23H28N4O4S. The van der Waals surface area contributed by atoms with E-state index in [-0.39, 0.29) is 16.2 Å². The zero-order valence-electron chi connectivity index (χ0n) is 19.1. The molecule has 32 heavy (non-hydrogen) atoms. The quantitative estimate of drug-likeness (QED) is 0.587. The van der Waals surface area contributed by atoms with E-state index >= 15 is 0 Å². The zero-order chi connectivity index (χ0) is 23.7. The SMILES string of the molecule is COc1ccc(C(=O)Nc2c(C)nn(-c3ccccc3)c2C)cc1S(=O)(=O)NC(C)(C)C. The third-order valence-corrected chi connectivity index (χ3v) is 6.47. The van der Waals surface area contributed by atoms with Crippen molar-refractivity contribution >= 4 is 21.6 Å². The second-order valence-electron chi connectivity index (χ2n) is 8.47. The van der Waals surface area contributed by atoms with E-state index in [0.29, 0.717) is 11.4 Å². The first-order valence-electron chi connectivity index (χ1n) is 10.1. The summed E-state index contributed by atoms with van der Waals surface area (Å²) in [6, 6.07) is 13.9. The van der Waals surface area contributed by atoms with Crippen molar-refractivity contribution in [3.63, 3.8) is 0 Å². The Bertz CT molecular complexity index is 1240. The van der Waals surface area contributed by atoms with Crippen LogP contribution in [0.15, 0.2) is 53.4 Å². The maximum Gasteiger partial charge on any atom is 0.255 e. The molecule has 0 spiro atoms. The van der Waals surface area contributed by atoms with Crippen molar-refractivity contribution in [2.75, 3.05) is 12.4 Å². The van der Waals surface area contributed by atoms with Gasteiger partial charge in [-0.2, -0.15) is 5.10 Å². The number of anilines is 1. The average Bonchev–Trinajstić information content (AvgIpc) is 3.00. The topological polar surface area (TPSA) is 102 Å². The number of hydrogen-bond acceptors (Lipinski definition) is 5. The number of methoxy groups -OCH3 is 1. The fourth-order valence-corrected chi connectivity index (χ4v) is 4.93. The molecule has 0 aliphatic carbocycles. The number of rotatable bonds is 6. The number of amides is 1. The molecule has 9 heteroatoms. The Balaban J connectivity index is 1.95. The van der Waals surface area contributed by atoms with Gasteiger partial charge in [-0.25, -0.2) is 17.8 Å². The predicted molar refractivity (Wildman–Crippen MR) is 124 cm³/mol. The first kappa shape index (κ1) is 23.5. The van der Waals surface area contributed by atoms with Gasteiger partial charge in [0.2, 0.25) is 10.0 Å². The Morgan fingerprint density at radius 3 is 2.31 bits per heavy atom. The molecule has 0 unspecified atom stereocenters. The van der Waals surface area contributed by atoms with Gasteiger partial charge in [0.1, 0.15) is 10.6 Å². The van der Waals surface area contributed by atoms with Gasteiger partial charge in [0.15, 0.2) is 0 Å². The third kappa shape index (κ3) is 5.00. The highest BCUT2D eigenvalue weighted by Gasteiger charge is 2.27. The molecule has 3 rings (SSSR count). The lowest BCUT2D eigenvalue weighted by Gasteiger charge is -2.21. The van der Waals surface area contributed by atoms with Gasteiger partial charge < -0.3 is 10.1 Å². The molecule has 0 saturated heterocycles. The van der Waals surface area contributed by atoms with Gasteiger partial charge in [0.05, 0.1) is 29.9 Å². The second-order valence-corrected chi connectivity index (χ2v) is 10.1. The predicted octanol–water partition coefficient (Wildman–Crippen LogP) is 3.83. The first-order chi connectivity index (χ1) is 14.9. The van der Waals surface area contributed by atoms with Gasteiger partial charge in [0, 0.05) is 11.1 Å². The molecule has 1 amide bonds. The summed E-state index contributed by atoms with van der Waals surface area (Å²) in [5, 5.41) is 7.40. The van der Waals surface area contributed by atoms with Gasteiger partial charge in [-0.1, -0.05) is 18.2 Å². The Morgan fingerprint density at radius 2 is 1.72 bits per heavy atom. The van der Waals surface area contributed by atoms with Crippen molar-refractivity contribution in [1.82, 2.24) is 14.5 Å². The summed E-state index contributed by atoms with van der Waals surface area (Å²) in [5.41, 5.74) is 2.36. The monoisotopic (exact) mass is 456 g/mol. The van der Waals surface area contributed by atoms with E-state index in [1.165, 1.54) is 25.3 Å². The van der Waals surface area contributed by atoms with Crippen LogP contribution >= 0.6 is 0 Å². The molecule has 170 valence electrons. The summed E-state index contributed by atoms with van der Waals surface area (Å²) in [6.07, 6.45) is 0. The van der Waals surface area contributed by atoms with E-state index in [4.69, 9.17) is 4.74 Å². The summed E-state index contributed by atoms with van der Waals surface area (Å²) >= 11 is 0. The lowest BCUT2D eigenvalue weighted by molar-refractivity contribution is 0.102. The van der Waals surface area contributed by atoms with Gasteiger partial charge >= 0.3 is 0 Å². The number of sulfonamides is 1. The van der Waals surface area contributed by atoms with E-state index in [1.807, 2.05) is 37.3 Å². The van der Waals surface area contributed by atoms with Crippen LogP contribution in [0.2, 0.25) is 0 Å². The maximum absolute atomic E-state index is 13.0. The molecule has 0 aliphatic heterocycles. The standard InChI is InChI=1S/C23H28N4O4S/c1-15-21(16(2)27(25-15)18-10-8-7-9-11-18)24-22(28)17-12-13-19(31-6)20(14-17)32(29,30)26-23(3,4)5/h7-14,26H,1-6H3,(H,24,28). The largest absolute Gasteiger partial charge is 0.495 e. The van der Waals surface area contributed by atoms with E-state index in [2.05, 4.69) is 15.1 Å². The van der Waals surface area contributed by atoms with Gasteiger partial charge in [-0.15, -0.1) is 0 Å². The molecule has 3 aromatic rings. The molecule has 0 radical (unpaired) electrons. The fourth-order valence-electron chi connectivity index (χ4n) is 3.32. The van der Waals surface area contributed by atoms with Crippen LogP contribution in [0.5, 0.6) is 5.75 Å². The summed E-state index contributed by atoms with van der Waals surface area (Å²) in [7, 11) is -2.52. The van der Waals surface area contributed by atoms with Crippen LogP contribution in [0.4, 0.5) is 5.69 Å². The minimum absolute atomic E-state index is 0.101. The van der Waals surface area contributed by atoms with Gasteiger partial charge in [-0.3, -0.25) is 4.79 Å². The number of carbonyl (C=O) groups is 1. The second kappa shape index (κ2) is 8.76. The number of nitrogens with one attached hydrogen (secondary N) is 2. The highest BCUT2D eigenvalue weighted by Crippen LogP contribution is 2.28. The summed E-state index contributed by atoms with van der Waals surface area (Å²) < 4.78 is 35.4. The van der Waals surface area contributed by atoms with Crippen LogP contribution in [0, 0.1) is 13.8 Å². The summed E-state index contributed by atoms with van der Waals surface area (Å²) in [4.78, 5) is 12.9. The van der Waals surface area contributed by atoms with E-state index < -0.39 is 21.5 Å². The number of nitrogens with zero attached hydrogens (tertiary/aromatic N) is 2. The Morgan fingerprint density at radius 1 is 1.06 bits per heavy atom. The van der Waals surface area contributed by atoms with E-state index in [9.17, 15) is 13.2 Å². The molecule has 0 fully saturated rings. The fraction of sp³-hybridized carbons (Fsp3) is 0.304. The normalized spacial score (nSPS) is 11.9. The van der Waals surface area contributed by atoms with Crippen LogP contribution in [0.25, 0.3) is 5.69 Å². The molecule has 2 N–H and O–H groups in total. The minimum Gasteiger partial charge on any atom is -0.495 e. The lowest BCUT2D eigenvalue weighted by Crippen LogP contribution is -2.40. The van der Waals surface area contributed by atoms with E-state index in [0.717, 1.165) is 11.4 Å². The van der Waals surface area contributed by atoms with Crippen molar-refractivity contribution in [3.05, 3.63) is 65.5 Å². The third-order valence-electron chi connectivity index (χ3n) is 4.69. The zero-order valence-corrected chi connectivity index (χ0v) is 19.9. The van der Waals surface area contributed by atoms with Crippen LogP contribution in [0.1, 0.15) is 42.5 Å². The van der Waals surface area contributed by atoms with Crippen LogP contribution in [-0.4, -0.2) is 36.8 Å². The lowest BCUT2D eigenvalue weighted by atomic mass is 10.1. The number of benzene rings is 2. The molecule has 8 nitrogen and oxygen atoms in total. The van der Waals surface area contributed by atoms with Crippen molar-refractivity contribution < 1.29 is 17.9 Å². The van der Waals surface area contributed by atoms with E-state index in [1.54, 1.807) is 32.4 Å². The highest BCUT2D eigenvalue weighted by atomic mass is 32.2. The van der Waals surface area contributed by atoms with Crippen LogP contribution < -0.4 is 14.8 Å². The Hall–Kier alpha value is -3.17. The van der Waals surface area contributed by atoms with Gasteiger partial charge in [0.25, 0.3) is 5.91 Å². The van der Waals surface area contributed by atoms with Gasteiger partial charge in [-0.05, 0) is 65.0 Å². The van der Waals surface area contributed by atoms with Crippen molar-refractivity contribution in [2.24, 2.45) is 0 Å². The summed E-state index contributed by atoms with van der Waals surface area (Å²) in [5.74, 6) is -0.291. The molecule has 1 aromatic heterocycles. The molecule has 0 aliphatic rings. The Labute approximate surface area is 188 Å². The molecule has 2 aromatic carbocycles. The van der Waals surface area contributed by atoms with Crippen molar-refractivity contribution in [1.29, 1.82) is 0 Å². The number of para-hydroxylation sites is 1. The van der Waals surface area contributed by atoms with Crippen molar-refractivity contribution in [2.45, 2.75) is 45.1 Å².